The van der Waals surface area contributed by atoms with Crippen LogP contribution in [0.3, 0.4) is 0 Å². The van der Waals surface area contributed by atoms with Crippen molar-refractivity contribution in [1.82, 2.24) is 0 Å². The van der Waals surface area contributed by atoms with Crippen molar-refractivity contribution in [2.24, 2.45) is 0 Å². The van der Waals surface area contributed by atoms with Crippen molar-refractivity contribution in [1.29, 1.82) is 0 Å². The lowest BCUT2D eigenvalue weighted by molar-refractivity contribution is 0.621. The molecule has 0 heterocycles. The molecule has 1 nitrogen and oxygen atoms in total. The number of benzene rings is 2. The number of rotatable bonds is 3. The topological polar surface area (TPSA) is 12.0 Å². The second-order valence-corrected chi connectivity index (χ2v) is 5.34. The second-order valence-electron chi connectivity index (χ2n) is 4.05. The monoisotopic (exact) mass is 327 g/mol. The van der Waals surface area contributed by atoms with Crippen LogP contribution in [-0.2, 0) is 0 Å². The van der Waals surface area contributed by atoms with E-state index in [-0.39, 0.29) is 11.9 Å². The molecule has 18 heavy (non-hydrogen) atoms. The van der Waals surface area contributed by atoms with E-state index < -0.39 is 0 Å². The standard InChI is InChI=1S/C14H12BrClFN/c1-9(10-3-2-4-11(16)7-10)18-12-5-6-14(17)13(15)8-12/h2-9,18H,1H3. The molecule has 2 aromatic rings. The molecule has 0 bridgehead atoms. The van der Waals surface area contributed by atoms with Crippen LogP contribution >= 0.6 is 27.5 Å². The van der Waals surface area contributed by atoms with E-state index in [1.807, 2.05) is 31.2 Å². The van der Waals surface area contributed by atoms with Gasteiger partial charge in [0.15, 0.2) is 0 Å². The second kappa shape index (κ2) is 5.72. The van der Waals surface area contributed by atoms with E-state index in [1.165, 1.54) is 6.07 Å². The molecule has 0 saturated carbocycles. The molecule has 2 aromatic carbocycles. The Labute approximate surface area is 119 Å². The SMILES string of the molecule is CC(Nc1ccc(F)c(Br)c1)c1cccc(Cl)c1. The van der Waals surface area contributed by atoms with Gasteiger partial charge in [-0.1, -0.05) is 23.7 Å². The van der Waals surface area contributed by atoms with Gasteiger partial charge in [0.1, 0.15) is 5.82 Å². The van der Waals surface area contributed by atoms with E-state index >= 15 is 0 Å². The summed E-state index contributed by atoms with van der Waals surface area (Å²) in [4.78, 5) is 0. The molecule has 0 amide bonds. The fourth-order valence-electron chi connectivity index (χ4n) is 1.70. The van der Waals surface area contributed by atoms with Crippen LogP contribution in [0.15, 0.2) is 46.9 Å². The lowest BCUT2D eigenvalue weighted by atomic mass is 10.1. The van der Waals surface area contributed by atoms with Crippen LogP contribution in [0.25, 0.3) is 0 Å². The van der Waals surface area contributed by atoms with Gasteiger partial charge >= 0.3 is 0 Å². The Morgan fingerprint density at radius 3 is 2.67 bits per heavy atom. The zero-order chi connectivity index (χ0) is 13.1. The summed E-state index contributed by atoms with van der Waals surface area (Å²) in [5.74, 6) is -0.268. The van der Waals surface area contributed by atoms with E-state index in [9.17, 15) is 4.39 Å². The smallest absolute Gasteiger partial charge is 0.137 e. The molecule has 94 valence electrons. The first-order valence-corrected chi connectivity index (χ1v) is 6.70. The summed E-state index contributed by atoms with van der Waals surface area (Å²) in [5, 5.41) is 4.01. The minimum Gasteiger partial charge on any atom is -0.378 e. The van der Waals surface area contributed by atoms with Gasteiger partial charge in [-0.25, -0.2) is 4.39 Å². The van der Waals surface area contributed by atoms with E-state index in [2.05, 4.69) is 21.2 Å². The van der Waals surface area contributed by atoms with Crippen molar-refractivity contribution in [2.45, 2.75) is 13.0 Å². The summed E-state index contributed by atoms with van der Waals surface area (Å²) in [6, 6.07) is 12.6. The highest BCUT2D eigenvalue weighted by Gasteiger charge is 2.07. The number of hydrogen-bond acceptors (Lipinski definition) is 1. The molecule has 2 rings (SSSR count). The first-order valence-electron chi connectivity index (χ1n) is 5.53. The number of anilines is 1. The van der Waals surface area contributed by atoms with Crippen molar-refractivity contribution < 1.29 is 4.39 Å². The third-order valence-electron chi connectivity index (χ3n) is 2.65. The Morgan fingerprint density at radius 2 is 2.00 bits per heavy atom. The average Bonchev–Trinajstić information content (AvgIpc) is 2.34. The van der Waals surface area contributed by atoms with E-state index in [0.717, 1.165) is 11.3 Å². The Kier molecular flexibility index (Phi) is 4.25. The van der Waals surface area contributed by atoms with Crippen LogP contribution in [0.5, 0.6) is 0 Å². The van der Waals surface area contributed by atoms with Crippen molar-refractivity contribution in [2.75, 3.05) is 5.32 Å². The van der Waals surface area contributed by atoms with Crippen LogP contribution in [0.4, 0.5) is 10.1 Å². The van der Waals surface area contributed by atoms with Gasteiger partial charge in [0.25, 0.3) is 0 Å². The first kappa shape index (κ1) is 13.4. The molecular formula is C14H12BrClFN. The quantitative estimate of drug-likeness (QED) is 0.794. The van der Waals surface area contributed by atoms with E-state index in [4.69, 9.17) is 11.6 Å². The summed E-state index contributed by atoms with van der Waals surface area (Å²) >= 11 is 9.12. The number of halogens is 3. The molecule has 4 heteroatoms. The summed E-state index contributed by atoms with van der Waals surface area (Å²) in [7, 11) is 0. The lowest BCUT2D eigenvalue weighted by Crippen LogP contribution is -2.06. The maximum absolute atomic E-state index is 13.1. The highest BCUT2D eigenvalue weighted by Crippen LogP contribution is 2.25. The molecule has 0 saturated heterocycles. The van der Waals surface area contributed by atoms with Crippen LogP contribution in [0.1, 0.15) is 18.5 Å². The van der Waals surface area contributed by atoms with Crippen molar-refractivity contribution in [3.05, 3.63) is 63.3 Å². The van der Waals surface area contributed by atoms with Crippen LogP contribution in [0, 0.1) is 5.82 Å². The molecule has 0 radical (unpaired) electrons. The highest BCUT2D eigenvalue weighted by molar-refractivity contribution is 9.10. The summed E-state index contributed by atoms with van der Waals surface area (Å²) < 4.78 is 13.6. The fourth-order valence-corrected chi connectivity index (χ4v) is 2.27. The zero-order valence-corrected chi connectivity index (χ0v) is 12.1. The normalized spacial score (nSPS) is 12.2. The van der Waals surface area contributed by atoms with Gasteiger partial charge in [0, 0.05) is 16.8 Å². The molecule has 0 fully saturated rings. The van der Waals surface area contributed by atoms with Crippen molar-refractivity contribution in [3.63, 3.8) is 0 Å². The maximum Gasteiger partial charge on any atom is 0.137 e. The van der Waals surface area contributed by atoms with Crippen molar-refractivity contribution in [3.8, 4) is 0 Å². The van der Waals surface area contributed by atoms with Gasteiger partial charge in [0.05, 0.1) is 4.47 Å². The van der Waals surface area contributed by atoms with Crippen LogP contribution in [0.2, 0.25) is 5.02 Å². The van der Waals surface area contributed by atoms with E-state index in [1.54, 1.807) is 12.1 Å². The first-order chi connectivity index (χ1) is 8.56. The molecule has 0 aliphatic carbocycles. The van der Waals surface area contributed by atoms with Crippen LogP contribution < -0.4 is 5.32 Å². The van der Waals surface area contributed by atoms with Crippen LogP contribution in [-0.4, -0.2) is 0 Å². The summed E-state index contributed by atoms with van der Waals surface area (Å²) in [5.41, 5.74) is 1.94. The Hall–Kier alpha value is -1.06. The highest BCUT2D eigenvalue weighted by atomic mass is 79.9. The number of hydrogen-bond donors (Lipinski definition) is 1. The van der Waals surface area contributed by atoms with Crippen molar-refractivity contribution >= 4 is 33.2 Å². The summed E-state index contributed by atoms with van der Waals surface area (Å²) in [6.07, 6.45) is 0. The van der Waals surface area contributed by atoms with Gasteiger partial charge in [0.2, 0.25) is 0 Å². The molecule has 1 atom stereocenters. The average molecular weight is 329 g/mol. The minimum atomic E-state index is -0.268. The maximum atomic E-state index is 13.1. The number of nitrogens with one attached hydrogen (secondary N) is 1. The summed E-state index contributed by atoms with van der Waals surface area (Å²) in [6.45, 7) is 2.03. The fraction of sp³-hybridized carbons (Fsp3) is 0.143. The molecule has 0 spiro atoms. The largest absolute Gasteiger partial charge is 0.378 e. The van der Waals surface area contributed by atoms with Gasteiger partial charge in [-0.2, -0.15) is 0 Å². The molecule has 1 unspecified atom stereocenters. The Balaban J connectivity index is 2.16. The van der Waals surface area contributed by atoms with Gasteiger partial charge in [-0.05, 0) is 58.7 Å². The third kappa shape index (κ3) is 3.24. The molecule has 0 aliphatic rings. The van der Waals surface area contributed by atoms with Gasteiger partial charge in [-0.3, -0.25) is 0 Å². The lowest BCUT2D eigenvalue weighted by Gasteiger charge is -2.16. The Bertz CT molecular complexity index is 559. The minimum absolute atomic E-state index is 0.0982. The predicted molar refractivity (Wildman–Crippen MR) is 77.6 cm³/mol. The Morgan fingerprint density at radius 1 is 1.22 bits per heavy atom. The molecule has 0 aromatic heterocycles. The molecule has 0 aliphatic heterocycles. The molecular weight excluding hydrogens is 317 g/mol. The van der Waals surface area contributed by atoms with E-state index in [0.29, 0.717) is 9.50 Å². The molecule has 1 N–H and O–H groups in total. The predicted octanol–water partition coefficient (Wildman–Crippen LogP) is 5.41. The zero-order valence-electron chi connectivity index (χ0n) is 9.75. The third-order valence-corrected chi connectivity index (χ3v) is 3.49. The van der Waals surface area contributed by atoms with Gasteiger partial charge in [-0.15, -0.1) is 0 Å². The van der Waals surface area contributed by atoms with Gasteiger partial charge < -0.3 is 5.32 Å².